The van der Waals surface area contributed by atoms with Gasteiger partial charge in [0.1, 0.15) is 0 Å². The summed E-state index contributed by atoms with van der Waals surface area (Å²) in [5, 5.41) is 25.6. The van der Waals surface area contributed by atoms with Crippen LogP contribution in [0.15, 0.2) is 11.7 Å². The molecule has 14 heavy (non-hydrogen) atoms. The van der Waals surface area contributed by atoms with Crippen molar-refractivity contribution in [3.05, 3.63) is 11.7 Å². The molecule has 0 aliphatic rings. The van der Waals surface area contributed by atoms with Gasteiger partial charge in [-0.05, 0) is 6.42 Å². The van der Waals surface area contributed by atoms with Gasteiger partial charge in [0.15, 0.2) is 4.33 Å². The molecule has 6 heteroatoms. The van der Waals surface area contributed by atoms with E-state index in [1.54, 1.807) is 0 Å². The molecule has 0 fully saturated rings. The van der Waals surface area contributed by atoms with Crippen LogP contribution in [0.2, 0.25) is 0 Å². The minimum absolute atomic E-state index is 0.475. The van der Waals surface area contributed by atoms with Crippen molar-refractivity contribution >= 4 is 34.8 Å². The van der Waals surface area contributed by atoms with Crippen LogP contribution in [0.25, 0.3) is 0 Å². The summed E-state index contributed by atoms with van der Waals surface area (Å²) in [4.78, 5) is 0. The first-order chi connectivity index (χ1) is 6.34. The van der Waals surface area contributed by atoms with Gasteiger partial charge < -0.3 is 15.3 Å². The number of alkyl halides is 3. The fourth-order valence-corrected chi connectivity index (χ4v) is 1.51. The van der Waals surface area contributed by atoms with E-state index in [0.717, 1.165) is 12.8 Å². The van der Waals surface area contributed by atoms with Gasteiger partial charge in [-0.25, -0.2) is 0 Å². The van der Waals surface area contributed by atoms with Crippen LogP contribution in [-0.2, 0) is 0 Å². The summed E-state index contributed by atoms with van der Waals surface area (Å²) in [6.45, 7) is 1.97. The number of hydrogen-bond donors (Lipinski definition) is 3. The molecule has 1 unspecified atom stereocenters. The Kier molecular flexibility index (Phi) is 5.79. The number of unbranched alkanes of at least 4 members (excludes halogenated alkanes) is 1. The Hall–Kier alpha value is 0.01000. The maximum atomic E-state index is 9.16. The Labute approximate surface area is 97.9 Å². The highest BCUT2D eigenvalue weighted by Gasteiger charge is 2.40. The molecule has 0 rings (SSSR count). The highest BCUT2D eigenvalue weighted by atomic mass is 35.5. The predicted molar refractivity (Wildman–Crippen MR) is 58.5 cm³/mol. The monoisotopic (exact) mass is 262 g/mol. The highest BCUT2D eigenvalue weighted by Crippen LogP contribution is 2.38. The summed E-state index contributed by atoms with van der Waals surface area (Å²) in [6.07, 6.45) is 2.17. The number of aliphatic hydroxyl groups excluding tert-OH is 2. The lowest BCUT2D eigenvalue weighted by atomic mass is 10.1. The molecule has 3 N–H and O–H groups in total. The zero-order valence-corrected chi connectivity index (χ0v) is 9.94. The molecule has 3 nitrogen and oxygen atoms in total. The lowest BCUT2D eigenvalue weighted by Gasteiger charge is -2.23. The van der Waals surface area contributed by atoms with Crippen LogP contribution in [0.4, 0.5) is 0 Å². The van der Waals surface area contributed by atoms with Gasteiger partial charge in [-0.15, -0.1) is 11.6 Å². The Bertz CT molecular complexity index is 212. The molecule has 0 aliphatic carbocycles. The summed E-state index contributed by atoms with van der Waals surface area (Å²) >= 11 is 17.2. The molecule has 0 spiro atoms. The van der Waals surface area contributed by atoms with E-state index in [0.29, 0.717) is 6.42 Å². The van der Waals surface area contributed by atoms with Crippen molar-refractivity contribution < 1.29 is 15.3 Å². The van der Waals surface area contributed by atoms with Crippen LogP contribution in [0.3, 0.4) is 0 Å². The van der Waals surface area contributed by atoms with Gasteiger partial charge in [-0.1, -0.05) is 43.0 Å². The molecule has 0 amide bonds. The second kappa shape index (κ2) is 5.79. The van der Waals surface area contributed by atoms with E-state index in [9.17, 15) is 0 Å². The molecule has 0 aromatic heterocycles. The number of allylic oxidation sites excluding steroid dienone is 1. The number of hydrogen-bond acceptors (Lipinski definition) is 3. The van der Waals surface area contributed by atoms with Crippen LogP contribution < -0.4 is 0 Å². The van der Waals surface area contributed by atoms with Crippen molar-refractivity contribution in [1.29, 1.82) is 0 Å². The van der Waals surface area contributed by atoms with Crippen molar-refractivity contribution in [3.63, 3.8) is 0 Å². The van der Waals surface area contributed by atoms with Crippen LogP contribution in [-0.4, -0.2) is 25.0 Å². The van der Waals surface area contributed by atoms with E-state index in [2.05, 4.69) is 0 Å². The topological polar surface area (TPSA) is 60.7 Å². The third kappa shape index (κ3) is 3.64. The van der Waals surface area contributed by atoms with Crippen LogP contribution in [0.5, 0.6) is 0 Å². The normalized spacial score (nSPS) is 13.7. The molecule has 0 aromatic carbocycles. The Morgan fingerprint density at radius 2 is 1.79 bits per heavy atom. The summed E-state index contributed by atoms with van der Waals surface area (Å²) in [5.41, 5.74) is 0. The SMILES string of the molecule is CCCCC(Cl)C(Cl)(Cl)C(O)=C(O)O. The maximum Gasteiger partial charge on any atom is 0.317 e. The van der Waals surface area contributed by atoms with Gasteiger partial charge in [0.05, 0.1) is 5.38 Å². The van der Waals surface area contributed by atoms with Crippen molar-refractivity contribution in [3.8, 4) is 0 Å². The van der Waals surface area contributed by atoms with Crippen LogP contribution in [0, 0.1) is 0 Å². The molecule has 84 valence electrons. The molecule has 0 saturated heterocycles. The minimum Gasteiger partial charge on any atom is -0.503 e. The lowest BCUT2D eigenvalue weighted by Crippen LogP contribution is -2.30. The fraction of sp³-hybridized carbons (Fsp3) is 0.750. The van der Waals surface area contributed by atoms with E-state index >= 15 is 0 Å². The third-order valence-corrected chi connectivity index (χ3v) is 3.39. The second-order valence-corrected chi connectivity index (χ2v) is 4.82. The summed E-state index contributed by atoms with van der Waals surface area (Å²) < 4.78 is -1.87. The molecular formula is C8H13Cl3O3. The predicted octanol–water partition coefficient (Wildman–Crippen LogP) is 3.80. The molecule has 0 aromatic rings. The Morgan fingerprint density at radius 3 is 2.14 bits per heavy atom. The fourth-order valence-electron chi connectivity index (χ4n) is 0.862. The molecular weight excluding hydrogens is 250 g/mol. The van der Waals surface area contributed by atoms with E-state index in [1.165, 1.54) is 0 Å². The summed E-state index contributed by atoms with van der Waals surface area (Å²) in [5.74, 6) is -2.23. The maximum absolute atomic E-state index is 9.16. The Balaban J connectivity index is 4.52. The third-order valence-electron chi connectivity index (χ3n) is 1.73. The molecule has 0 aliphatic heterocycles. The van der Waals surface area contributed by atoms with E-state index in [-0.39, 0.29) is 0 Å². The van der Waals surface area contributed by atoms with E-state index < -0.39 is 21.4 Å². The van der Waals surface area contributed by atoms with E-state index in [1.807, 2.05) is 6.92 Å². The molecule has 0 radical (unpaired) electrons. The van der Waals surface area contributed by atoms with Gasteiger partial charge in [0.25, 0.3) is 0 Å². The summed E-state index contributed by atoms with van der Waals surface area (Å²) in [7, 11) is 0. The van der Waals surface area contributed by atoms with Gasteiger partial charge in [0, 0.05) is 0 Å². The number of rotatable bonds is 5. The first kappa shape index (κ1) is 14.0. The number of aliphatic hydroxyl groups is 3. The van der Waals surface area contributed by atoms with Crippen molar-refractivity contribution in [2.75, 3.05) is 0 Å². The van der Waals surface area contributed by atoms with Crippen LogP contribution >= 0.6 is 34.8 Å². The second-order valence-electron chi connectivity index (χ2n) is 2.90. The van der Waals surface area contributed by atoms with Crippen molar-refractivity contribution in [2.45, 2.75) is 35.9 Å². The van der Waals surface area contributed by atoms with Gasteiger partial charge >= 0.3 is 5.95 Å². The Morgan fingerprint density at radius 1 is 1.29 bits per heavy atom. The van der Waals surface area contributed by atoms with Crippen molar-refractivity contribution in [2.24, 2.45) is 0 Å². The van der Waals surface area contributed by atoms with Gasteiger partial charge in [-0.2, -0.15) is 0 Å². The first-order valence-electron chi connectivity index (χ1n) is 4.17. The summed E-state index contributed by atoms with van der Waals surface area (Å²) in [6, 6.07) is 0. The van der Waals surface area contributed by atoms with Crippen molar-refractivity contribution in [1.82, 2.24) is 0 Å². The largest absolute Gasteiger partial charge is 0.503 e. The average molecular weight is 264 g/mol. The standard InChI is InChI=1S/C8H13Cl3O3/c1-2-3-4-5(9)8(10,11)6(12)7(13)14/h5,12-14H,2-4H2,1H3. The molecule has 0 saturated carbocycles. The lowest BCUT2D eigenvalue weighted by molar-refractivity contribution is 0.152. The molecule has 0 heterocycles. The zero-order chi connectivity index (χ0) is 11.4. The first-order valence-corrected chi connectivity index (χ1v) is 5.36. The van der Waals surface area contributed by atoms with Gasteiger partial charge in [-0.3, -0.25) is 0 Å². The number of halogens is 3. The van der Waals surface area contributed by atoms with E-state index in [4.69, 9.17) is 50.1 Å². The smallest absolute Gasteiger partial charge is 0.317 e. The highest BCUT2D eigenvalue weighted by molar-refractivity contribution is 6.54. The molecule has 0 bridgehead atoms. The average Bonchev–Trinajstić information content (AvgIpc) is 2.12. The molecule has 1 atom stereocenters. The minimum atomic E-state index is -1.87. The van der Waals surface area contributed by atoms with Gasteiger partial charge in [0.2, 0.25) is 5.76 Å². The van der Waals surface area contributed by atoms with Crippen LogP contribution in [0.1, 0.15) is 26.2 Å². The quantitative estimate of drug-likeness (QED) is 0.522. The zero-order valence-electron chi connectivity index (χ0n) is 7.67.